The number of aryl methyl sites for hydroxylation is 1. The largest absolute Gasteiger partial charge is 0.309 e. The van der Waals surface area contributed by atoms with Crippen LogP contribution in [0.3, 0.4) is 0 Å². The average molecular weight is 445 g/mol. The quantitative estimate of drug-likeness (QED) is 0.467. The molecule has 0 aliphatic heterocycles. The second-order valence-corrected chi connectivity index (χ2v) is 10.9. The van der Waals surface area contributed by atoms with Crippen LogP contribution in [0.15, 0.2) is 27.5 Å². The van der Waals surface area contributed by atoms with E-state index in [9.17, 15) is 4.79 Å². The number of H-pyrrole nitrogens is 1. The van der Waals surface area contributed by atoms with Gasteiger partial charge in [0.25, 0.3) is 5.56 Å². The number of thiophene rings is 2. The van der Waals surface area contributed by atoms with Gasteiger partial charge in [-0.15, -0.1) is 27.8 Å². The SMILES string of the molecule is C[C@@H]1CCc2c(sc3nc([C@H](C)Sc4nnnn4Cc4cccs4)[nH]c(=O)c23)C1. The molecule has 1 N–H and O–H groups in total. The van der Waals surface area contributed by atoms with Crippen molar-refractivity contribution in [2.45, 2.75) is 50.1 Å². The molecule has 0 saturated carbocycles. The number of hydrogen-bond donors (Lipinski definition) is 1. The van der Waals surface area contributed by atoms with Gasteiger partial charge < -0.3 is 4.98 Å². The van der Waals surface area contributed by atoms with Gasteiger partial charge >= 0.3 is 0 Å². The molecule has 4 aromatic heterocycles. The van der Waals surface area contributed by atoms with Crippen molar-refractivity contribution in [1.82, 2.24) is 30.2 Å². The van der Waals surface area contributed by atoms with Crippen LogP contribution in [0.5, 0.6) is 0 Å². The Morgan fingerprint density at radius 1 is 1.45 bits per heavy atom. The van der Waals surface area contributed by atoms with Gasteiger partial charge in [0, 0.05) is 9.75 Å². The van der Waals surface area contributed by atoms with Crippen LogP contribution >= 0.6 is 34.4 Å². The minimum Gasteiger partial charge on any atom is -0.309 e. The molecule has 0 bridgehead atoms. The lowest BCUT2D eigenvalue weighted by molar-refractivity contribution is 0.509. The van der Waals surface area contributed by atoms with Crippen molar-refractivity contribution < 1.29 is 0 Å². The summed E-state index contributed by atoms with van der Waals surface area (Å²) in [5.74, 6) is 1.34. The molecule has 0 aromatic carbocycles. The van der Waals surface area contributed by atoms with Gasteiger partial charge in [-0.25, -0.2) is 9.67 Å². The normalized spacial score (nSPS) is 17.5. The third kappa shape index (κ3) is 3.64. The number of fused-ring (bicyclic) bond motifs is 3. The topological polar surface area (TPSA) is 89.3 Å². The van der Waals surface area contributed by atoms with Crippen molar-refractivity contribution in [3.63, 3.8) is 0 Å². The molecule has 5 rings (SSSR count). The van der Waals surface area contributed by atoms with Crippen LogP contribution in [0.25, 0.3) is 10.2 Å². The molecule has 2 atom stereocenters. The fourth-order valence-corrected chi connectivity index (χ4v) is 6.62. The molecule has 7 nitrogen and oxygen atoms in total. The minimum absolute atomic E-state index is 0.0253. The van der Waals surface area contributed by atoms with Crippen LogP contribution in [0.1, 0.15) is 46.7 Å². The first kappa shape index (κ1) is 19.0. The van der Waals surface area contributed by atoms with Gasteiger partial charge in [0.2, 0.25) is 5.16 Å². The highest BCUT2D eigenvalue weighted by Crippen LogP contribution is 2.37. The zero-order valence-corrected chi connectivity index (χ0v) is 18.5. The number of thioether (sulfide) groups is 1. The summed E-state index contributed by atoms with van der Waals surface area (Å²) in [4.78, 5) is 24.1. The highest BCUT2D eigenvalue weighted by molar-refractivity contribution is 7.99. The maximum Gasteiger partial charge on any atom is 0.259 e. The van der Waals surface area contributed by atoms with E-state index < -0.39 is 0 Å². The first-order valence-electron chi connectivity index (χ1n) is 9.58. The molecule has 1 aliphatic rings. The summed E-state index contributed by atoms with van der Waals surface area (Å²) in [6.07, 6.45) is 3.16. The molecule has 0 spiro atoms. The van der Waals surface area contributed by atoms with Gasteiger partial charge in [0.15, 0.2) is 0 Å². The number of aromatic nitrogens is 6. The third-order valence-corrected chi connectivity index (χ3v) is 8.33. The lowest BCUT2D eigenvalue weighted by Crippen LogP contribution is -2.15. The molecule has 4 heterocycles. The number of tetrazole rings is 1. The van der Waals surface area contributed by atoms with Crippen LogP contribution in [0.2, 0.25) is 0 Å². The summed E-state index contributed by atoms with van der Waals surface area (Å²) in [5, 5.41) is 15.6. The van der Waals surface area contributed by atoms with Crippen molar-refractivity contribution in [3.05, 3.63) is 49.0 Å². The molecule has 1 aliphatic carbocycles. The lowest BCUT2D eigenvalue weighted by atomic mass is 9.89. The molecule has 10 heteroatoms. The Bertz CT molecular complexity index is 1210. The van der Waals surface area contributed by atoms with E-state index >= 15 is 0 Å². The number of nitrogens with one attached hydrogen (secondary N) is 1. The third-order valence-electron chi connectivity index (χ3n) is 5.24. The van der Waals surface area contributed by atoms with Gasteiger partial charge in [-0.05, 0) is 59.5 Å². The predicted octanol–water partition coefficient (Wildman–Crippen LogP) is 4.06. The Hall–Kier alpha value is -2.04. The maximum atomic E-state index is 12.9. The molecular weight excluding hydrogens is 424 g/mol. The van der Waals surface area contributed by atoms with E-state index in [0.29, 0.717) is 23.4 Å². The number of nitrogens with zero attached hydrogens (tertiary/aromatic N) is 5. The molecule has 0 amide bonds. The Labute approximate surface area is 179 Å². The molecular formula is C19H20N6OS3. The Morgan fingerprint density at radius 3 is 3.17 bits per heavy atom. The first-order valence-corrected chi connectivity index (χ1v) is 12.2. The van der Waals surface area contributed by atoms with E-state index in [2.05, 4.69) is 33.5 Å². The highest BCUT2D eigenvalue weighted by atomic mass is 32.2. The molecule has 0 unspecified atom stereocenters. The molecule has 0 radical (unpaired) electrons. The number of aromatic amines is 1. The smallest absolute Gasteiger partial charge is 0.259 e. The van der Waals surface area contributed by atoms with Gasteiger partial charge in [0.05, 0.1) is 17.2 Å². The Balaban J connectivity index is 1.43. The second-order valence-electron chi connectivity index (χ2n) is 7.44. The maximum absolute atomic E-state index is 12.9. The summed E-state index contributed by atoms with van der Waals surface area (Å²) in [6.45, 7) is 4.93. The van der Waals surface area contributed by atoms with Crippen molar-refractivity contribution in [3.8, 4) is 0 Å². The first-order chi connectivity index (χ1) is 14.1. The van der Waals surface area contributed by atoms with Crippen LogP contribution in [0.4, 0.5) is 0 Å². The fraction of sp³-hybridized carbons (Fsp3) is 0.421. The molecule has 29 heavy (non-hydrogen) atoms. The van der Waals surface area contributed by atoms with Crippen LogP contribution in [-0.4, -0.2) is 30.2 Å². The summed E-state index contributed by atoms with van der Waals surface area (Å²) in [6, 6.07) is 4.08. The lowest BCUT2D eigenvalue weighted by Gasteiger charge is -2.17. The van der Waals surface area contributed by atoms with E-state index in [0.717, 1.165) is 29.5 Å². The summed E-state index contributed by atoms with van der Waals surface area (Å²) in [7, 11) is 0. The Kier molecular flexibility index (Phi) is 5.00. The average Bonchev–Trinajstić information content (AvgIpc) is 3.42. The van der Waals surface area contributed by atoms with Crippen molar-refractivity contribution in [1.29, 1.82) is 0 Å². The van der Waals surface area contributed by atoms with Crippen molar-refractivity contribution >= 4 is 44.7 Å². The van der Waals surface area contributed by atoms with Crippen molar-refractivity contribution in [2.24, 2.45) is 5.92 Å². The van der Waals surface area contributed by atoms with Gasteiger partial charge in [-0.2, -0.15) is 0 Å². The van der Waals surface area contributed by atoms with Crippen LogP contribution < -0.4 is 5.56 Å². The van der Waals surface area contributed by atoms with Gasteiger partial charge in [0.1, 0.15) is 10.7 Å². The van der Waals surface area contributed by atoms with Gasteiger partial charge in [-0.3, -0.25) is 4.79 Å². The molecule has 150 valence electrons. The van der Waals surface area contributed by atoms with Crippen LogP contribution in [-0.2, 0) is 19.4 Å². The highest BCUT2D eigenvalue weighted by Gasteiger charge is 2.24. The van der Waals surface area contributed by atoms with Crippen LogP contribution in [0, 0.1) is 5.92 Å². The zero-order valence-electron chi connectivity index (χ0n) is 16.1. The summed E-state index contributed by atoms with van der Waals surface area (Å²) < 4.78 is 1.79. The minimum atomic E-state index is -0.0711. The van der Waals surface area contributed by atoms with E-state index in [1.54, 1.807) is 27.4 Å². The monoisotopic (exact) mass is 444 g/mol. The van der Waals surface area contributed by atoms with E-state index in [1.807, 2.05) is 18.4 Å². The zero-order chi connectivity index (χ0) is 20.0. The van der Waals surface area contributed by atoms with E-state index in [-0.39, 0.29) is 10.8 Å². The standard InChI is InChI=1S/C19H20N6OS3/c1-10-5-6-13-14(8-10)29-18-15(13)17(26)20-16(21-18)11(2)28-19-22-23-24-25(19)9-12-4-3-7-27-12/h3-4,7,10-11H,5-6,8-9H2,1-2H3,(H,20,21,26)/t10-,11+/m1/s1. The number of hydrogen-bond acceptors (Lipinski definition) is 8. The van der Waals surface area contributed by atoms with Crippen molar-refractivity contribution in [2.75, 3.05) is 0 Å². The second kappa shape index (κ2) is 7.66. The Morgan fingerprint density at radius 2 is 2.34 bits per heavy atom. The predicted molar refractivity (Wildman–Crippen MR) is 117 cm³/mol. The molecule has 4 aromatic rings. The molecule has 0 fully saturated rings. The van der Waals surface area contributed by atoms with E-state index in [4.69, 9.17) is 4.98 Å². The molecule has 0 saturated heterocycles. The van der Waals surface area contributed by atoms with E-state index in [1.165, 1.54) is 27.1 Å². The summed E-state index contributed by atoms with van der Waals surface area (Å²) in [5.41, 5.74) is 1.19. The van der Waals surface area contributed by atoms with Gasteiger partial charge in [-0.1, -0.05) is 24.8 Å². The fourth-order valence-electron chi connectivity index (χ4n) is 3.70. The number of rotatable bonds is 5. The summed E-state index contributed by atoms with van der Waals surface area (Å²) >= 11 is 4.86.